The third kappa shape index (κ3) is 1.32. The molecule has 0 fully saturated rings. The van der Waals surface area contributed by atoms with E-state index in [-0.39, 0.29) is 5.56 Å². The summed E-state index contributed by atoms with van der Waals surface area (Å²) in [6.45, 7) is 1.91. The fourth-order valence-corrected chi connectivity index (χ4v) is 2.46. The maximum absolute atomic E-state index is 12.3. The van der Waals surface area contributed by atoms with Gasteiger partial charge in [0, 0.05) is 32.7 Å². The number of hydrogen-bond donors (Lipinski definition) is 0. The van der Waals surface area contributed by atoms with E-state index < -0.39 is 5.69 Å². The fourth-order valence-electron chi connectivity index (χ4n) is 2.46. The van der Waals surface area contributed by atoms with Gasteiger partial charge in [-0.25, -0.2) is 4.79 Å². The van der Waals surface area contributed by atoms with Crippen LogP contribution in [0.1, 0.15) is 5.56 Å². The summed E-state index contributed by atoms with van der Waals surface area (Å²) in [5, 5.41) is 9.32. The Bertz CT molecular complexity index is 945. The van der Waals surface area contributed by atoms with Crippen molar-refractivity contribution in [2.45, 2.75) is 6.92 Å². The molecule has 3 aromatic heterocycles. The summed E-state index contributed by atoms with van der Waals surface area (Å²) >= 11 is 0. The summed E-state index contributed by atoms with van der Waals surface area (Å²) in [4.78, 5) is 24.2. The van der Waals surface area contributed by atoms with E-state index in [1.165, 1.54) is 11.6 Å². The lowest BCUT2D eigenvalue weighted by Crippen LogP contribution is -2.37. The minimum Gasteiger partial charge on any atom is -0.334 e. The molecule has 0 aliphatic rings. The Hall–Kier alpha value is -2.44. The molecule has 0 N–H and O–H groups in total. The van der Waals surface area contributed by atoms with Gasteiger partial charge < -0.3 is 4.57 Å². The zero-order chi connectivity index (χ0) is 13.9. The van der Waals surface area contributed by atoms with Gasteiger partial charge in [-0.3, -0.25) is 13.9 Å². The first-order chi connectivity index (χ1) is 8.93. The van der Waals surface area contributed by atoms with Gasteiger partial charge in [0.2, 0.25) is 0 Å². The molecule has 0 atom stereocenters. The van der Waals surface area contributed by atoms with Gasteiger partial charge >= 0.3 is 5.69 Å². The molecule has 0 aromatic carbocycles. The lowest BCUT2D eigenvalue weighted by molar-refractivity contribution is 0.704. The number of fused-ring (bicyclic) bond motifs is 3. The third-order valence-corrected chi connectivity index (χ3v) is 3.46. The average Bonchev–Trinajstić information content (AvgIpc) is 2.68. The Morgan fingerprint density at radius 3 is 2.26 bits per heavy atom. The molecule has 0 amide bonds. The molecule has 0 saturated carbocycles. The molecule has 0 aliphatic carbocycles. The molecule has 0 radical (unpaired) electrons. The molecule has 0 aliphatic heterocycles. The molecule has 19 heavy (non-hydrogen) atoms. The van der Waals surface area contributed by atoms with E-state index in [4.69, 9.17) is 0 Å². The van der Waals surface area contributed by atoms with Crippen LogP contribution in [0.2, 0.25) is 0 Å². The van der Waals surface area contributed by atoms with E-state index in [0.29, 0.717) is 16.7 Å². The standard InChI is InChI=1S/C12H13N5O2/c1-6-5-15(2)9-7(6)8-10(14-13-9)16(3)12(19)17(4)11(8)18/h5H,1-4H3. The Morgan fingerprint density at radius 2 is 1.58 bits per heavy atom. The highest BCUT2D eigenvalue weighted by molar-refractivity contribution is 6.03. The molecule has 7 heteroatoms. The van der Waals surface area contributed by atoms with Crippen LogP contribution in [-0.4, -0.2) is 23.9 Å². The van der Waals surface area contributed by atoms with Crippen molar-refractivity contribution in [3.05, 3.63) is 32.6 Å². The Labute approximate surface area is 107 Å². The smallest absolute Gasteiger partial charge is 0.332 e. The Morgan fingerprint density at radius 1 is 0.947 bits per heavy atom. The van der Waals surface area contributed by atoms with Crippen LogP contribution in [0.4, 0.5) is 0 Å². The molecule has 98 valence electrons. The van der Waals surface area contributed by atoms with Crippen molar-refractivity contribution in [2.24, 2.45) is 21.1 Å². The second kappa shape index (κ2) is 3.53. The SMILES string of the molecule is Cc1cn(C)c2nnc3c(c(=O)n(C)c(=O)n3C)c12. The summed E-state index contributed by atoms with van der Waals surface area (Å²) < 4.78 is 4.26. The second-order valence-electron chi connectivity index (χ2n) is 4.73. The topological polar surface area (TPSA) is 74.7 Å². The highest BCUT2D eigenvalue weighted by Crippen LogP contribution is 2.22. The van der Waals surface area contributed by atoms with Gasteiger partial charge in [-0.1, -0.05) is 0 Å². The zero-order valence-corrected chi connectivity index (χ0v) is 11.1. The number of nitrogens with zero attached hydrogens (tertiary/aromatic N) is 5. The number of aryl methyl sites for hydroxylation is 3. The third-order valence-electron chi connectivity index (χ3n) is 3.46. The Kier molecular flexibility index (Phi) is 2.16. The van der Waals surface area contributed by atoms with E-state index in [9.17, 15) is 9.59 Å². The van der Waals surface area contributed by atoms with Crippen molar-refractivity contribution in [1.29, 1.82) is 0 Å². The van der Waals surface area contributed by atoms with Crippen LogP contribution in [0.25, 0.3) is 22.1 Å². The Balaban J connectivity index is 2.79. The highest BCUT2D eigenvalue weighted by atomic mass is 16.2. The van der Waals surface area contributed by atoms with Crippen molar-refractivity contribution in [2.75, 3.05) is 0 Å². The van der Waals surface area contributed by atoms with Gasteiger partial charge in [-0.15, -0.1) is 10.2 Å². The monoisotopic (exact) mass is 259 g/mol. The van der Waals surface area contributed by atoms with E-state index in [1.54, 1.807) is 7.05 Å². The van der Waals surface area contributed by atoms with Crippen LogP contribution >= 0.6 is 0 Å². The van der Waals surface area contributed by atoms with Gasteiger partial charge in [-0.05, 0) is 12.5 Å². The normalized spacial score (nSPS) is 11.6. The predicted molar refractivity (Wildman–Crippen MR) is 71.2 cm³/mol. The lowest BCUT2D eigenvalue weighted by atomic mass is 10.2. The summed E-state index contributed by atoms with van der Waals surface area (Å²) in [6.07, 6.45) is 1.89. The van der Waals surface area contributed by atoms with E-state index in [0.717, 1.165) is 15.5 Å². The maximum Gasteiger partial charge on any atom is 0.332 e. The van der Waals surface area contributed by atoms with Crippen LogP contribution in [0.15, 0.2) is 15.8 Å². The lowest BCUT2D eigenvalue weighted by Gasteiger charge is -2.06. The van der Waals surface area contributed by atoms with Crippen molar-refractivity contribution in [1.82, 2.24) is 23.9 Å². The van der Waals surface area contributed by atoms with Gasteiger partial charge in [0.05, 0.1) is 5.39 Å². The molecular weight excluding hydrogens is 246 g/mol. The maximum atomic E-state index is 12.3. The number of rotatable bonds is 0. The zero-order valence-electron chi connectivity index (χ0n) is 11.1. The van der Waals surface area contributed by atoms with Crippen LogP contribution in [-0.2, 0) is 21.1 Å². The quantitative estimate of drug-likeness (QED) is 0.561. The summed E-state index contributed by atoms with van der Waals surface area (Å²) in [5.41, 5.74) is 1.15. The molecular formula is C12H13N5O2. The second-order valence-corrected chi connectivity index (χ2v) is 4.73. The molecule has 3 rings (SSSR count). The number of hydrogen-bond acceptors (Lipinski definition) is 4. The molecule has 0 bridgehead atoms. The van der Waals surface area contributed by atoms with Gasteiger partial charge in [0.25, 0.3) is 5.56 Å². The van der Waals surface area contributed by atoms with Crippen molar-refractivity contribution >= 4 is 22.1 Å². The first kappa shape index (κ1) is 11.6. The largest absolute Gasteiger partial charge is 0.334 e. The average molecular weight is 259 g/mol. The van der Waals surface area contributed by atoms with Gasteiger partial charge in [0.15, 0.2) is 11.3 Å². The van der Waals surface area contributed by atoms with Crippen LogP contribution < -0.4 is 11.2 Å². The number of aromatic nitrogens is 5. The minimum atomic E-state index is -0.403. The first-order valence-electron chi connectivity index (χ1n) is 5.81. The first-order valence-corrected chi connectivity index (χ1v) is 5.81. The summed E-state index contributed by atoms with van der Waals surface area (Å²) in [7, 11) is 4.90. The molecule has 3 aromatic rings. The highest BCUT2D eigenvalue weighted by Gasteiger charge is 2.17. The molecule has 7 nitrogen and oxygen atoms in total. The van der Waals surface area contributed by atoms with Crippen molar-refractivity contribution in [3.8, 4) is 0 Å². The fraction of sp³-hybridized carbons (Fsp3) is 0.333. The minimum absolute atomic E-state index is 0.315. The molecule has 0 unspecified atom stereocenters. The molecule has 0 saturated heterocycles. The van der Waals surface area contributed by atoms with E-state index in [2.05, 4.69) is 10.2 Å². The van der Waals surface area contributed by atoms with Crippen LogP contribution in [0.5, 0.6) is 0 Å². The predicted octanol–water partition coefficient (Wildman–Crippen LogP) is -0.173. The van der Waals surface area contributed by atoms with Crippen LogP contribution in [0.3, 0.4) is 0 Å². The van der Waals surface area contributed by atoms with E-state index in [1.807, 2.05) is 24.7 Å². The van der Waals surface area contributed by atoms with Gasteiger partial charge in [-0.2, -0.15) is 0 Å². The summed E-state index contributed by atoms with van der Waals surface area (Å²) in [6, 6.07) is 0. The van der Waals surface area contributed by atoms with Gasteiger partial charge in [0.1, 0.15) is 0 Å². The summed E-state index contributed by atoms with van der Waals surface area (Å²) in [5.74, 6) is 0. The van der Waals surface area contributed by atoms with Crippen LogP contribution in [0, 0.1) is 6.92 Å². The van der Waals surface area contributed by atoms with E-state index >= 15 is 0 Å². The van der Waals surface area contributed by atoms with Crippen molar-refractivity contribution in [3.63, 3.8) is 0 Å². The van der Waals surface area contributed by atoms with Crippen molar-refractivity contribution < 1.29 is 0 Å². The molecule has 0 spiro atoms. The molecule has 3 heterocycles.